The topological polar surface area (TPSA) is 73.1 Å². The molecule has 0 bridgehead atoms. The highest BCUT2D eigenvalue weighted by molar-refractivity contribution is 5.29. The molecular weight excluding hydrogens is 228 g/mol. The molecule has 0 saturated heterocycles. The van der Waals surface area contributed by atoms with Crippen LogP contribution < -0.4 is 15.8 Å². The molecule has 1 fully saturated rings. The fourth-order valence-corrected chi connectivity index (χ4v) is 2.53. The highest BCUT2D eigenvalue weighted by atomic mass is 16.5. The highest BCUT2D eigenvalue weighted by Crippen LogP contribution is 2.28. The van der Waals surface area contributed by atoms with E-state index in [1.807, 2.05) is 6.92 Å². The van der Waals surface area contributed by atoms with Crippen LogP contribution >= 0.6 is 0 Å². The van der Waals surface area contributed by atoms with E-state index in [1.165, 1.54) is 25.7 Å². The van der Waals surface area contributed by atoms with Crippen molar-refractivity contribution < 1.29 is 4.74 Å². The van der Waals surface area contributed by atoms with Crippen LogP contribution in [0, 0.1) is 5.92 Å². The molecule has 1 unspecified atom stereocenters. The molecule has 1 aromatic rings. The second-order valence-electron chi connectivity index (χ2n) is 4.68. The Morgan fingerprint density at radius 3 is 2.94 bits per heavy atom. The summed E-state index contributed by atoms with van der Waals surface area (Å²) in [7, 11) is 0. The van der Waals surface area contributed by atoms with E-state index in [2.05, 4.69) is 15.3 Å². The first kappa shape index (κ1) is 13.1. The molecule has 1 saturated carbocycles. The summed E-state index contributed by atoms with van der Waals surface area (Å²) in [6.45, 7) is 3.17. The monoisotopic (exact) mass is 250 g/mol. The molecule has 3 N–H and O–H groups in total. The minimum Gasteiger partial charge on any atom is -0.478 e. The van der Waals surface area contributed by atoms with E-state index in [4.69, 9.17) is 10.5 Å². The van der Waals surface area contributed by atoms with Gasteiger partial charge in [-0.1, -0.05) is 12.8 Å². The average Bonchev–Trinajstić information content (AvgIpc) is 2.90. The molecule has 0 amide bonds. The standard InChI is InChI=1S/C13H22N4O/c1-2-18-12-7-8-15-13(17-12)16-11(9-14)10-5-3-4-6-10/h7-8,10-11H,2-6,9,14H2,1H3,(H,15,16,17). The van der Waals surface area contributed by atoms with E-state index in [9.17, 15) is 0 Å². The van der Waals surface area contributed by atoms with E-state index >= 15 is 0 Å². The van der Waals surface area contributed by atoms with Crippen molar-refractivity contribution in [2.24, 2.45) is 11.7 Å². The number of hydrogen-bond donors (Lipinski definition) is 2. The first-order valence-corrected chi connectivity index (χ1v) is 6.76. The Kier molecular flexibility index (Phi) is 4.75. The zero-order valence-corrected chi connectivity index (χ0v) is 10.9. The number of ether oxygens (including phenoxy) is 1. The SMILES string of the molecule is CCOc1ccnc(NC(CN)C2CCCC2)n1. The zero-order chi connectivity index (χ0) is 12.8. The summed E-state index contributed by atoms with van der Waals surface area (Å²) in [4.78, 5) is 8.54. The highest BCUT2D eigenvalue weighted by Gasteiger charge is 2.24. The van der Waals surface area contributed by atoms with Gasteiger partial charge in [0.1, 0.15) is 0 Å². The van der Waals surface area contributed by atoms with Gasteiger partial charge in [-0.05, 0) is 25.7 Å². The van der Waals surface area contributed by atoms with Gasteiger partial charge in [-0.25, -0.2) is 4.98 Å². The maximum atomic E-state index is 5.85. The van der Waals surface area contributed by atoms with Crippen LogP contribution in [0.3, 0.4) is 0 Å². The molecule has 2 rings (SSSR count). The van der Waals surface area contributed by atoms with Crippen LogP contribution in [-0.2, 0) is 0 Å². The van der Waals surface area contributed by atoms with Crippen molar-refractivity contribution in [2.75, 3.05) is 18.5 Å². The van der Waals surface area contributed by atoms with Crippen LogP contribution in [0.4, 0.5) is 5.95 Å². The molecule has 100 valence electrons. The molecule has 0 aromatic carbocycles. The van der Waals surface area contributed by atoms with Crippen LogP contribution in [0.1, 0.15) is 32.6 Å². The number of nitrogens with zero attached hydrogens (tertiary/aromatic N) is 2. The Hall–Kier alpha value is -1.36. The van der Waals surface area contributed by atoms with Gasteiger partial charge in [0, 0.05) is 24.8 Å². The fourth-order valence-electron chi connectivity index (χ4n) is 2.53. The van der Waals surface area contributed by atoms with Gasteiger partial charge in [-0.2, -0.15) is 4.98 Å². The lowest BCUT2D eigenvalue weighted by Gasteiger charge is -2.23. The molecule has 18 heavy (non-hydrogen) atoms. The third kappa shape index (κ3) is 3.32. The van der Waals surface area contributed by atoms with Crippen LogP contribution in [0.2, 0.25) is 0 Å². The van der Waals surface area contributed by atoms with Crippen molar-refractivity contribution in [1.82, 2.24) is 9.97 Å². The number of rotatable bonds is 6. The Labute approximate surface area is 108 Å². The summed E-state index contributed by atoms with van der Waals surface area (Å²) < 4.78 is 5.36. The average molecular weight is 250 g/mol. The second kappa shape index (κ2) is 6.54. The summed E-state index contributed by atoms with van der Waals surface area (Å²) in [5.41, 5.74) is 5.85. The largest absolute Gasteiger partial charge is 0.478 e. The summed E-state index contributed by atoms with van der Waals surface area (Å²) in [6, 6.07) is 2.03. The second-order valence-corrected chi connectivity index (χ2v) is 4.68. The molecule has 1 aromatic heterocycles. The first-order chi connectivity index (χ1) is 8.83. The van der Waals surface area contributed by atoms with Crippen LogP contribution in [0.5, 0.6) is 5.88 Å². The van der Waals surface area contributed by atoms with Crippen molar-refractivity contribution in [3.05, 3.63) is 12.3 Å². The number of nitrogens with one attached hydrogen (secondary N) is 1. The number of nitrogens with two attached hydrogens (primary N) is 1. The zero-order valence-electron chi connectivity index (χ0n) is 10.9. The third-order valence-corrected chi connectivity index (χ3v) is 3.46. The van der Waals surface area contributed by atoms with Gasteiger partial charge in [0.05, 0.1) is 6.61 Å². The Balaban J connectivity index is 1.99. The predicted molar refractivity (Wildman–Crippen MR) is 71.6 cm³/mol. The summed E-state index contributed by atoms with van der Waals surface area (Å²) >= 11 is 0. The molecule has 0 spiro atoms. The summed E-state index contributed by atoms with van der Waals surface area (Å²) in [5, 5.41) is 3.34. The first-order valence-electron chi connectivity index (χ1n) is 6.76. The normalized spacial score (nSPS) is 17.7. The Bertz CT molecular complexity index is 366. The predicted octanol–water partition coefficient (Wildman–Crippen LogP) is 1.80. The van der Waals surface area contributed by atoms with Crippen molar-refractivity contribution >= 4 is 5.95 Å². The summed E-state index contributed by atoms with van der Waals surface area (Å²) in [5.74, 6) is 1.87. The van der Waals surface area contributed by atoms with Gasteiger partial charge >= 0.3 is 0 Å². The lowest BCUT2D eigenvalue weighted by Crippen LogP contribution is -2.35. The lowest BCUT2D eigenvalue weighted by atomic mass is 9.98. The number of aromatic nitrogens is 2. The smallest absolute Gasteiger partial charge is 0.226 e. The maximum Gasteiger partial charge on any atom is 0.226 e. The van der Waals surface area contributed by atoms with Crippen molar-refractivity contribution in [3.8, 4) is 5.88 Å². The van der Waals surface area contributed by atoms with E-state index in [1.54, 1.807) is 12.3 Å². The Morgan fingerprint density at radius 2 is 2.28 bits per heavy atom. The third-order valence-electron chi connectivity index (χ3n) is 3.46. The minimum atomic E-state index is 0.268. The molecule has 5 nitrogen and oxygen atoms in total. The lowest BCUT2D eigenvalue weighted by molar-refractivity contribution is 0.326. The number of anilines is 1. The van der Waals surface area contributed by atoms with E-state index < -0.39 is 0 Å². The van der Waals surface area contributed by atoms with Gasteiger partial charge in [0.15, 0.2) is 0 Å². The van der Waals surface area contributed by atoms with E-state index in [-0.39, 0.29) is 6.04 Å². The quantitative estimate of drug-likeness (QED) is 0.805. The maximum absolute atomic E-state index is 5.85. The molecule has 1 heterocycles. The van der Waals surface area contributed by atoms with Crippen molar-refractivity contribution in [1.29, 1.82) is 0 Å². The number of hydrogen-bond acceptors (Lipinski definition) is 5. The van der Waals surface area contributed by atoms with Crippen LogP contribution in [0.15, 0.2) is 12.3 Å². The Morgan fingerprint density at radius 1 is 1.50 bits per heavy atom. The van der Waals surface area contributed by atoms with Crippen LogP contribution in [0.25, 0.3) is 0 Å². The molecule has 1 aliphatic carbocycles. The van der Waals surface area contributed by atoms with Gasteiger partial charge in [0.2, 0.25) is 11.8 Å². The van der Waals surface area contributed by atoms with Crippen molar-refractivity contribution in [2.45, 2.75) is 38.6 Å². The fraction of sp³-hybridized carbons (Fsp3) is 0.692. The van der Waals surface area contributed by atoms with Crippen LogP contribution in [-0.4, -0.2) is 29.2 Å². The molecule has 0 radical (unpaired) electrons. The molecule has 1 aliphatic rings. The van der Waals surface area contributed by atoms with Gasteiger partial charge < -0.3 is 15.8 Å². The minimum absolute atomic E-state index is 0.268. The van der Waals surface area contributed by atoms with Crippen molar-refractivity contribution in [3.63, 3.8) is 0 Å². The summed E-state index contributed by atoms with van der Waals surface area (Å²) in [6.07, 6.45) is 6.83. The van der Waals surface area contributed by atoms with Gasteiger partial charge in [-0.3, -0.25) is 0 Å². The molecular formula is C13H22N4O. The van der Waals surface area contributed by atoms with E-state index in [0.717, 1.165) is 0 Å². The van der Waals surface area contributed by atoms with Gasteiger partial charge in [-0.15, -0.1) is 0 Å². The molecule has 5 heteroatoms. The van der Waals surface area contributed by atoms with Gasteiger partial charge in [0.25, 0.3) is 0 Å². The molecule has 1 atom stereocenters. The molecule has 0 aliphatic heterocycles. The van der Waals surface area contributed by atoms with E-state index in [0.29, 0.717) is 30.9 Å².